The van der Waals surface area contributed by atoms with Gasteiger partial charge in [-0.15, -0.1) is 11.3 Å². The molecule has 2 aromatic carbocycles. The molecular formula is C52H61FN10O7S. The van der Waals surface area contributed by atoms with Crippen LogP contribution in [0.4, 0.5) is 14.0 Å². The van der Waals surface area contributed by atoms with Gasteiger partial charge in [-0.25, -0.2) is 28.9 Å². The predicted octanol–water partition coefficient (Wildman–Crippen LogP) is 9.40. The van der Waals surface area contributed by atoms with Crippen molar-refractivity contribution in [3.05, 3.63) is 82.3 Å². The summed E-state index contributed by atoms with van der Waals surface area (Å²) in [6.07, 6.45) is 7.59. The van der Waals surface area contributed by atoms with Gasteiger partial charge < -0.3 is 44.6 Å². The van der Waals surface area contributed by atoms with Crippen molar-refractivity contribution in [3.8, 4) is 39.5 Å². The molecule has 4 N–H and O–H groups in total. The molecule has 71 heavy (non-hydrogen) atoms. The van der Waals surface area contributed by atoms with Gasteiger partial charge in [0.2, 0.25) is 18.0 Å². The quantitative estimate of drug-likeness (QED) is 0.0915. The van der Waals surface area contributed by atoms with Gasteiger partial charge >= 0.3 is 12.2 Å². The maximum Gasteiger partial charge on any atom is 0.407 e. The number of carbonyl (C=O) groups is 4. The van der Waals surface area contributed by atoms with Crippen LogP contribution in [0.2, 0.25) is 0 Å². The third kappa shape index (κ3) is 8.58. The number of aromatic nitrogens is 6. The van der Waals surface area contributed by atoms with E-state index in [2.05, 4.69) is 40.5 Å². The number of alkyl carbamates (subject to hydrolysis) is 2. The lowest BCUT2D eigenvalue weighted by Gasteiger charge is -2.33. The highest BCUT2D eigenvalue weighted by atomic mass is 32.1. The van der Waals surface area contributed by atoms with Crippen LogP contribution in [0.1, 0.15) is 120 Å². The first-order valence-corrected chi connectivity index (χ1v) is 25.3. The summed E-state index contributed by atoms with van der Waals surface area (Å²) < 4.78 is 35.6. The second kappa shape index (κ2) is 18.4. The number of imidazole rings is 2. The number of methoxy groups -OCH3 is 2. The van der Waals surface area contributed by atoms with Crippen molar-refractivity contribution in [2.75, 3.05) is 20.8 Å². The highest BCUT2D eigenvalue weighted by Gasteiger charge is 2.46. The molecule has 4 aromatic heterocycles. The minimum absolute atomic E-state index is 0.0363. The topological polar surface area (TPSA) is 202 Å². The summed E-state index contributed by atoms with van der Waals surface area (Å²) in [5.41, 5.74) is 4.57. The molecule has 1 saturated carbocycles. The number of thiazole rings is 1. The van der Waals surface area contributed by atoms with Gasteiger partial charge in [0.05, 0.1) is 76.7 Å². The van der Waals surface area contributed by atoms with E-state index in [0.29, 0.717) is 59.3 Å². The van der Waals surface area contributed by atoms with Crippen LogP contribution in [0.5, 0.6) is 5.75 Å². The van der Waals surface area contributed by atoms with Gasteiger partial charge in [0.25, 0.3) is 0 Å². The van der Waals surface area contributed by atoms with Gasteiger partial charge in [0.1, 0.15) is 35.3 Å². The van der Waals surface area contributed by atoms with E-state index in [-0.39, 0.29) is 53.1 Å². The first kappa shape index (κ1) is 47.9. The molecule has 3 aliphatic heterocycles. The van der Waals surface area contributed by atoms with Gasteiger partial charge in [-0.3, -0.25) is 14.2 Å². The zero-order chi connectivity index (χ0) is 50.2. The third-order valence-electron chi connectivity index (χ3n) is 15.1. The normalized spacial score (nSPS) is 22.0. The fourth-order valence-corrected chi connectivity index (χ4v) is 11.7. The van der Waals surface area contributed by atoms with E-state index in [1.165, 1.54) is 20.3 Å². The lowest BCUT2D eigenvalue weighted by molar-refractivity contribution is -0.137. The fraction of sp³-hybridized carbons (Fsp3) is 0.481. The van der Waals surface area contributed by atoms with Crippen molar-refractivity contribution in [1.82, 2.24) is 49.9 Å². The maximum atomic E-state index is 17.0. The Bertz CT molecular complexity index is 3040. The minimum Gasteiger partial charge on any atom is -0.464 e. The van der Waals surface area contributed by atoms with Crippen LogP contribution in [0, 0.1) is 23.6 Å². The molecule has 1 unspecified atom stereocenters. The molecule has 4 aliphatic rings. The second-order valence-electron chi connectivity index (χ2n) is 20.6. The Hall–Kier alpha value is -6.76. The number of ether oxygens (including phenoxy) is 3. The summed E-state index contributed by atoms with van der Waals surface area (Å²) >= 11 is 1.62. The van der Waals surface area contributed by atoms with Crippen molar-refractivity contribution in [2.45, 2.75) is 122 Å². The number of benzene rings is 2. The zero-order valence-electron chi connectivity index (χ0n) is 41.5. The number of aromatic amines is 2. The Balaban J connectivity index is 0.980. The monoisotopic (exact) mass is 988 g/mol. The molecule has 7 heterocycles. The molecule has 10 rings (SSSR count). The Morgan fingerprint density at radius 2 is 1.49 bits per heavy atom. The number of carbonyl (C=O) groups excluding carboxylic acids is 4. The number of hydrogen-bond acceptors (Lipinski definition) is 11. The van der Waals surface area contributed by atoms with E-state index in [9.17, 15) is 19.2 Å². The van der Waals surface area contributed by atoms with Crippen molar-refractivity contribution < 1.29 is 37.8 Å². The number of nitrogens with one attached hydrogen (secondary N) is 4. The van der Waals surface area contributed by atoms with Crippen LogP contribution in [0.15, 0.2) is 55.0 Å². The second-order valence-corrected chi connectivity index (χ2v) is 21.6. The summed E-state index contributed by atoms with van der Waals surface area (Å²) in [4.78, 5) is 78.3. The minimum atomic E-state index is -0.776. The van der Waals surface area contributed by atoms with Crippen LogP contribution >= 0.6 is 11.3 Å². The van der Waals surface area contributed by atoms with E-state index in [0.717, 1.165) is 51.3 Å². The zero-order valence-corrected chi connectivity index (χ0v) is 42.3. The Morgan fingerprint density at radius 3 is 2.14 bits per heavy atom. The standard InChI is InChI=1S/C52H61FN10O7S/c1-25(2)42(59-50(66)68-8)46(64)61-16-10-11-36(61)44-54-23-34(58-44)30-19-32(53)41-37-20-31-18-29(12-13-35(31)63(37)48(70-39(41)21-30)40-24-56-49(71-40)52(7)14-15-52)33-22-55-45(57-33)38-17-27(5)28(6)62(38)47(65)43(26(3)4)60-51(67)69-9/h12-13,18-28,36,38,42-43,48H,10-11,14-17H2,1-9H3,(H,54,58)(H,55,57)(H,59,66)(H,60,67)/t27-,28-,36+,38+,42+,43+,48?/m1/s1. The van der Waals surface area contributed by atoms with Crippen molar-refractivity contribution in [1.29, 1.82) is 0 Å². The molecule has 374 valence electrons. The smallest absolute Gasteiger partial charge is 0.407 e. The van der Waals surface area contributed by atoms with Crippen LogP contribution in [0.25, 0.3) is 44.7 Å². The molecule has 0 radical (unpaired) electrons. The number of halogens is 1. The number of rotatable bonds is 12. The number of amides is 4. The molecule has 2 saturated heterocycles. The average Bonchev–Trinajstić information content (AvgIpc) is 4.11. The molecule has 1 aliphatic carbocycles. The highest BCUT2D eigenvalue weighted by Crippen LogP contribution is 2.52. The number of fused-ring (bicyclic) bond motifs is 5. The van der Waals surface area contributed by atoms with Gasteiger partial charge in [-0.1, -0.05) is 47.6 Å². The first-order chi connectivity index (χ1) is 34.0. The third-order valence-corrected chi connectivity index (χ3v) is 16.5. The van der Waals surface area contributed by atoms with Crippen LogP contribution in [0.3, 0.4) is 0 Å². The first-order valence-electron chi connectivity index (χ1n) is 24.5. The predicted molar refractivity (Wildman–Crippen MR) is 265 cm³/mol. The molecule has 4 amide bonds. The Morgan fingerprint density at radius 1 is 0.845 bits per heavy atom. The lowest BCUT2D eigenvalue weighted by Crippen LogP contribution is -2.53. The van der Waals surface area contributed by atoms with Crippen LogP contribution in [-0.2, 0) is 24.5 Å². The van der Waals surface area contributed by atoms with Crippen molar-refractivity contribution >= 4 is 46.2 Å². The number of nitrogens with zero attached hydrogens (tertiary/aromatic N) is 6. The Labute approximate surface area is 415 Å². The summed E-state index contributed by atoms with van der Waals surface area (Å²) in [6, 6.07) is 9.05. The molecule has 0 spiro atoms. The van der Waals surface area contributed by atoms with Gasteiger partial charge in [0.15, 0.2) is 0 Å². The van der Waals surface area contributed by atoms with E-state index in [1.54, 1.807) is 28.6 Å². The molecular weight excluding hydrogens is 928 g/mol. The summed E-state index contributed by atoms with van der Waals surface area (Å²) in [5.74, 6) is 0.538. The molecule has 7 atom stereocenters. The molecule has 6 aromatic rings. The largest absolute Gasteiger partial charge is 0.464 e. The van der Waals surface area contributed by atoms with Crippen LogP contribution < -0.4 is 15.4 Å². The molecule has 19 heteroatoms. The van der Waals surface area contributed by atoms with E-state index in [1.807, 2.05) is 74.5 Å². The van der Waals surface area contributed by atoms with Gasteiger partial charge in [0, 0.05) is 40.7 Å². The van der Waals surface area contributed by atoms with Gasteiger partial charge in [-0.2, -0.15) is 0 Å². The summed E-state index contributed by atoms with van der Waals surface area (Å²) in [6.45, 7) is 14.4. The van der Waals surface area contributed by atoms with Crippen LogP contribution in [-0.4, -0.2) is 102 Å². The molecule has 17 nitrogen and oxygen atoms in total. The fourth-order valence-electron chi connectivity index (χ4n) is 10.5. The molecule has 3 fully saturated rings. The SMILES string of the molecule is COC(=O)N[C@H](C(=O)N1CCC[C@H]1c1ncc(-c2cc(F)c3c(c2)OC(c2cnc(C4(C)CC4)s2)n2c-3cc3cc(-c4cnc([C@@H]5C[C@@H](C)[C@@H](C)N5C(=O)[C@@H](NC(=O)OC)C(C)C)[nH]4)ccc32)[nH]1)C(C)C. The number of likely N-dealkylation sites (tertiary alicyclic amines) is 2. The summed E-state index contributed by atoms with van der Waals surface area (Å²) in [7, 11) is 2.55. The van der Waals surface area contributed by atoms with Crippen molar-refractivity contribution in [3.63, 3.8) is 0 Å². The maximum absolute atomic E-state index is 17.0. The van der Waals surface area contributed by atoms with Crippen molar-refractivity contribution in [2.24, 2.45) is 17.8 Å². The van der Waals surface area contributed by atoms with E-state index in [4.69, 9.17) is 29.2 Å². The van der Waals surface area contributed by atoms with E-state index >= 15 is 4.39 Å². The van der Waals surface area contributed by atoms with E-state index < -0.39 is 36.3 Å². The lowest BCUT2D eigenvalue weighted by atomic mass is 10.0. The average molecular weight is 989 g/mol. The number of hydrogen-bond donors (Lipinski definition) is 4. The van der Waals surface area contributed by atoms with Gasteiger partial charge in [-0.05, 0) is 87.1 Å². The Kier molecular flexibility index (Phi) is 12.4. The number of H-pyrrole nitrogens is 2. The highest BCUT2D eigenvalue weighted by molar-refractivity contribution is 7.11. The molecule has 0 bridgehead atoms. The summed E-state index contributed by atoms with van der Waals surface area (Å²) in [5, 5.41) is 7.34.